The number of rotatable bonds is 6. The molecule has 1 amide bonds. The van der Waals surface area contributed by atoms with Gasteiger partial charge in [-0.3, -0.25) is 14.6 Å². The first-order valence-electron chi connectivity index (χ1n) is 10.8. The molecule has 2 aromatic rings. The lowest BCUT2D eigenvalue weighted by atomic mass is 9.88. The average molecular weight is 390 g/mol. The van der Waals surface area contributed by atoms with Gasteiger partial charge >= 0.3 is 0 Å². The van der Waals surface area contributed by atoms with Crippen molar-refractivity contribution in [3.05, 3.63) is 77.4 Å². The van der Waals surface area contributed by atoms with E-state index < -0.39 is 0 Å². The third-order valence-corrected chi connectivity index (χ3v) is 6.01. The van der Waals surface area contributed by atoms with Crippen LogP contribution in [0, 0.1) is 0 Å². The van der Waals surface area contributed by atoms with Crippen molar-refractivity contribution in [1.29, 1.82) is 0 Å². The molecule has 0 aromatic heterocycles. The number of carbonyl (C=O) groups is 1. The Hall–Kier alpha value is -2.43. The third-order valence-electron chi connectivity index (χ3n) is 6.01. The molecule has 152 valence electrons. The molecular formula is C25H31N3O. The van der Waals surface area contributed by atoms with Crippen molar-refractivity contribution in [1.82, 2.24) is 15.1 Å². The predicted molar refractivity (Wildman–Crippen MR) is 119 cm³/mol. The summed E-state index contributed by atoms with van der Waals surface area (Å²) in [5, 5.41) is 3.28. The van der Waals surface area contributed by atoms with Crippen molar-refractivity contribution in [2.75, 3.05) is 39.3 Å². The van der Waals surface area contributed by atoms with E-state index in [9.17, 15) is 4.79 Å². The van der Waals surface area contributed by atoms with Gasteiger partial charge in [-0.25, -0.2) is 0 Å². The van der Waals surface area contributed by atoms with E-state index in [1.807, 2.05) is 6.07 Å². The van der Waals surface area contributed by atoms with Crippen LogP contribution in [0.2, 0.25) is 0 Å². The summed E-state index contributed by atoms with van der Waals surface area (Å²) in [5.41, 5.74) is 3.94. The van der Waals surface area contributed by atoms with Crippen molar-refractivity contribution >= 4 is 12.0 Å². The molecular weight excluding hydrogens is 358 g/mol. The van der Waals surface area contributed by atoms with Crippen LogP contribution in [-0.2, 0) is 11.2 Å². The average Bonchev–Trinajstić information content (AvgIpc) is 2.76. The molecule has 0 unspecified atom stereocenters. The molecule has 4 rings (SSSR count). The Morgan fingerprint density at radius 2 is 1.69 bits per heavy atom. The van der Waals surface area contributed by atoms with Crippen LogP contribution in [-0.4, -0.2) is 55.0 Å². The molecule has 4 heteroatoms. The van der Waals surface area contributed by atoms with E-state index in [-0.39, 0.29) is 11.9 Å². The number of fused-ring (bicyclic) bond motifs is 1. The smallest absolute Gasteiger partial charge is 0.234 e. The second-order valence-electron chi connectivity index (χ2n) is 8.10. The highest BCUT2D eigenvalue weighted by molar-refractivity contribution is 5.78. The van der Waals surface area contributed by atoms with Crippen LogP contribution in [0.15, 0.2) is 60.7 Å². The van der Waals surface area contributed by atoms with Gasteiger partial charge in [-0.15, -0.1) is 0 Å². The van der Waals surface area contributed by atoms with Crippen molar-refractivity contribution in [2.45, 2.75) is 25.3 Å². The molecule has 0 spiro atoms. The Labute approximate surface area is 174 Å². The van der Waals surface area contributed by atoms with Crippen LogP contribution < -0.4 is 5.32 Å². The molecule has 1 aliphatic heterocycles. The third kappa shape index (κ3) is 5.55. The van der Waals surface area contributed by atoms with Crippen molar-refractivity contribution in [3.63, 3.8) is 0 Å². The fraction of sp³-hybridized carbons (Fsp3) is 0.400. The van der Waals surface area contributed by atoms with Crippen molar-refractivity contribution in [2.24, 2.45) is 0 Å². The van der Waals surface area contributed by atoms with Crippen LogP contribution in [0.5, 0.6) is 0 Å². The number of aryl methyl sites for hydroxylation is 1. The standard InChI is InChI=1S/C25H31N3O/c29-25(26-24-14-6-12-22-11-4-5-13-23(22)24)20-28-18-16-27(17-19-28)15-7-10-21-8-2-1-3-9-21/h1-5,7-11,13,24H,6,12,14-20H2,(H,26,29)/b10-7+/t24-/m0/s1. The Kier molecular flexibility index (Phi) is 6.75. The van der Waals surface area contributed by atoms with E-state index in [0.29, 0.717) is 6.54 Å². The minimum absolute atomic E-state index is 0.157. The molecule has 1 N–H and O–H groups in total. The van der Waals surface area contributed by atoms with Crippen LogP contribution in [0.1, 0.15) is 35.6 Å². The minimum atomic E-state index is 0.157. The molecule has 1 saturated heterocycles. The Morgan fingerprint density at radius 3 is 2.52 bits per heavy atom. The summed E-state index contributed by atoms with van der Waals surface area (Å²) in [6, 6.07) is 19.1. The summed E-state index contributed by atoms with van der Waals surface area (Å²) in [7, 11) is 0. The summed E-state index contributed by atoms with van der Waals surface area (Å²) in [6.07, 6.45) is 7.74. The van der Waals surface area contributed by atoms with Crippen LogP contribution in [0.3, 0.4) is 0 Å². The zero-order chi connectivity index (χ0) is 19.9. The molecule has 2 aromatic carbocycles. The first kappa shape index (κ1) is 19.9. The summed E-state index contributed by atoms with van der Waals surface area (Å²) >= 11 is 0. The lowest BCUT2D eigenvalue weighted by Gasteiger charge is -2.34. The minimum Gasteiger partial charge on any atom is -0.348 e. The maximum absolute atomic E-state index is 12.6. The molecule has 1 aliphatic carbocycles. The zero-order valence-corrected chi connectivity index (χ0v) is 17.1. The first-order valence-corrected chi connectivity index (χ1v) is 10.8. The topological polar surface area (TPSA) is 35.6 Å². The van der Waals surface area contributed by atoms with E-state index in [2.05, 4.69) is 75.8 Å². The van der Waals surface area contributed by atoms with E-state index >= 15 is 0 Å². The van der Waals surface area contributed by atoms with Gasteiger partial charge < -0.3 is 5.32 Å². The first-order chi connectivity index (χ1) is 14.3. The summed E-state index contributed by atoms with van der Waals surface area (Å²) in [6.45, 7) is 5.40. The van der Waals surface area contributed by atoms with E-state index in [1.54, 1.807) is 0 Å². The molecule has 0 radical (unpaired) electrons. The maximum Gasteiger partial charge on any atom is 0.234 e. The second-order valence-corrected chi connectivity index (χ2v) is 8.10. The fourth-order valence-electron chi connectivity index (χ4n) is 4.38. The SMILES string of the molecule is O=C(CN1CCN(C/C=C/c2ccccc2)CC1)N[C@H]1CCCc2ccccc21. The van der Waals surface area contributed by atoms with Gasteiger partial charge in [-0.05, 0) is 36.0 Å². The normalized spacial score (nSPS) is 20.5. The number of hydrogen-bond donors (Lipinski definition) is 1. The van der Waals surface area contributed by atoms with Crippen molar-refractivity contribution < 1.29 is 4.79 Å². The Morgan fingerprint density at radius 1 is 0.966 bits per heavy atom. The molecule has 4 nitrogen and oxygen atoms in total. The van der Waals surface area contributed by atoms with Gasteiger partial charge in [0.2, 0.25) is 5.91 Å². The highest BCUT2D eigenvalue weighted by Gasteiger charge is 2.23. The lowest BCUT2D eigenvalue weighted by Crippen LogP contribution is -2.49. The number of amides is 1. The second kappa shape index (κ2) is 9.86. The van der Waals surface area contributed by atoms with Gasteiger partial charge in [-0.2, -0.15) is 0 Å². The number of nitrogens with one attached hydrogen (secondary N) is 1. The van der Waals surface area contributed by atoms with Crippen LogP contribution >= 0.6 is 0 Å². The number of nitrogens with zero attached hydrogens (tertiary/aromatic N) is 2. The predicted octanol–water partition coefficient (Wildman–Crippen LogP) is 3.51. The van der Waals surface area contributed by atoms with E-state index in [0.717, 1.165) is 52.0 Å². The van der Waals surface area contributed by atoms with Crippen LogP contribution in [0.25, 0.3) is 6.08 Å². The maximum atomic E-state index is 12.6. The summed E-state index contributed by atoms with van der Waals surface area (Å²) in [4.78, 5) is 17.4. The van der Waals surface area contributed by atoms with E-state index in [4.69, 9.17) is 0 Å². The lowest BCUT2D eigenvalue weighted by molar-refractivity contribution is -0.123. The number of piperazine rings is 1. The Balaban J connectivity index is 1.20. The number of benzene rings is 2. The molecule has 29 heavy (non-hydrogen) atoms. The van der Waals surface area contributed by atoms with Gasteiger partial charge in [0.15, 0.2) is 0 Å². The molecule has 0 saturated carbocycles. The van der Waals surface area contributed by atoms with Gasteiger partial charge in [0.1, 0.15) is 0 Å². The Bertz CT molecular complexity index is 825. The van der Waals surface area contributed by atoms with Gasteiger partial charge in [0.25, 0.3) is 0 Å². The quantitative estimate of drug-likeness (QED) is 0.821. The monoisotopic (exact) mass is 389 g/mol. The van der Waals surface area contributed by atoms with Gasteiger partial charge in [0, 0.05) is 32.7 Å². The fourth-order valence-corrected chi connectivity index (χ4v) is 4.38. The number of hydrogen-bond acceptors (Lipinski definition) is 3. The zero-order valence-electron chi connectivity index (χ0n) is 17.1. The summed E-state index contributed by atoms with van der Waals surface area (Å²) < 4.78 is 0. The van der Waals surface area contributed by atoms with Gasteiger partial charge in [0.05, 0.1) is 12.6 Å². The largest absolute Gasteiger partial charge is 0.348 e. The molecule has 1 heterocycles. The van der Waals surface area contributed by atoms with Crippen LogP contribution in [0.4, 0.5) is 0 Å². The molecule has 1 atom stereocenters. The summed E-state index contributed by atoms with van der Waals surface area (Å²) in [5.74, 6) is 0.157. The molecule has 1 fully saturated rings. The van der Waals surface area contributed by atoms with E-state index in [1.165, 1.54) is 16.7 Å². The molecule has 0 bridgehead atoms. The number of carbonyl (C=O) groups excluding carboxylic acids is 1. The highest BCUT2D eigenvalue weighted by Crippen LogP contribution is 2.29. The highest BCUT2D eigenvalue weighted by atomic mass is 16.2. The molecule has 2 aliphatic rings. The van der Waals surface area contributed by atoms with Gasteiger partial charge in [-0.1, -0.05) is 66.7 Å². The van der Waals surface area contributed by atoms with Crippen molar-refractivity contribution in [3.8, 4) is 0 Å².